The second-order valence-corrected chi connectivity index (χ2v) is 9.33. The summed E-state index contributed by atoms with van der Waals surface area (Å²) in [5.74, 6) is 0.929. The molecule has 0 bridgehead atoms. The lowest BCUT2D eigenvalue weighted by molar-refractivity contribution is 1.08. The zero-order chi connectivity index (χ0) is 24.1. The fourth-order valence-corrected chi connectivity index (χ4v) is 5.46. The Bertz CT molecular complexity index is 1890. The summed E-state index contributed by atoms with van der Waals surface area (Å²) < 4.78 is 2.30. The number of aryl methyl sites for hydroxylation is 1. The maximum atomic E-state index is 4.73. The molecule has 2 heterocycles. The average Bonchev–Trinajstić information content (AvgIpc) is 3.28. The van der Waals surface area contributed by atoms with Gasteiger partial charge in [0.1, 0.15) is 5.82 Å². The Hall–Kier alpha value is -4.69. The molecule has 5 aromatic carbocycles. The van der Waals surface area contributed by atoms with Gasteiger partial charge in [0.2, 0.25) is 0 Å². The SMILES string of the molecule is Cc1ccccc1-c1cccc(-c2ccc3c4c5ccccc5ccc4n(-c4ccccn4)c3c2)c1. The van der Waals surface area contributed by atoms with Gasteiger partial charge in [0, 0.05) is 17.0 Å². The highest BCUT2D eigenvalue weighted by molar-refractivity contribution is 6.21. The fraction of sp³-hybridized carbons (Fsp3) is 0.0294. The molecule has 0 N–H and O–H groups in total. The van der Waals surface area contributed by atoms with E-state index in [1.807, 2.05) is 12.3 Å². The Labute approximate surface area is 210 Å². The Morgan fingerprint density at radius 1 is 0.556 bits per heavy atom. The molecule has 170 valence electrons. The largest absolute Gasteiger partial charge is 0.294 e. The van der Waals surface area contributed by atoms with Crippen LogP contribution < -0.4 is 0 Å². The van der Waals surface area contributed by atoms with Crippen LogP contribution >= 0.6 is 0 Å². The number of pyridine rings is 1. The second kappa shape index (κ2) is 8.21. The van der Waals surface area contributed by atoms with Crippen LogP contribution in [0.25, 0.3) is 60.6 Å². The van der Waals surface area contributed by atoms with Crippen LogP contribution in [0.15, 0.2) is 128 Å². The third-order valence-electron chi connectivity index (χ3n) is 7.19. The highest BCUT2D eigenvalue weighted by atomic mass is 15.1. The van der Waals surface area contributed by atoms with Gasteiger partial charge in [0.15, 0.2) is 0 Å². The Morgan fingerprint density at radius 2 is 1.36 bits per heavy atom. The van der Waals surface area contributed by atoms with Crippen molar-refractivity contribution in [3.05, 3.63) is 133 Å². The summed E-state index contributed by atoms with van der Waals surface area (Å²) in [6.07, 6.45) is 1.86. The molecule has 0 aliphatic carbocycles. The van der Waals surface area contributed by atoms with Gasteiger partial charge in [-0.3, -0.25) is 4.57 Å². The smallest absolute Gasteiger partial charge is 0.137 e. The van der Waals surface area contributed by atoms with Crippen LogP contribution in [0, 0.1) is 6.92 Å². The number of benzene rings is 5. The number of rotatable bonds is 3. The van der Waals surface area contributed by atoms with E-state index in [2.05, 4.69) is 127 Å². The lowest BCUT2D eigenvalue weighted by atomic mass is 9.96. The minimum atomic E-state index is 0.929. The van der Waals surface area contributed by atoms with Crippen molar-refractivity contribution in [3.8, 4) is 28.1 Å². The normalized spacial score (nSPS) is 11.5. The van der Waals surface area contributed by atoms with Crippen molar-refractivity contribution in [1.29, 1.82) is 0 Å². The zero-order valence-corrected chi connectivity index (χ0v) is 20.0. The van der Waals surface area contributed by atoms with Crippen LogP contribution in [-0.4, -0.2) is 9.55 Å². The molecule has 2 aromatic heterocycles. The topological polar surface area (TPSA) is 17.8 Å². The molecule has 0 fully saturated rings. The minimum Gasteiger partial charge on any atom is -0.294 e. The molecule has 2 nitrogen and oxygen atoms in total. The maximum absolute atomic E-state index is 4.73. The maximum Gasteiger partial charge on any atom is 0.137 e. The van der Waals surface area contributed by atoms with Gasteiger partial charge >= 0.3 is 0 Å². The number of hydrogen-bond acceptors (Lipinski definition) is 1. The van der Waals surface area contributed by atoms with Crippen molar-refractivity contribution in [3.63, 3.8) is 0 Å². The summed E-state index contributed by atoms with van der Waals surface area (Å²) in [6.45, 7) is 2.17. The van der Waals surface area contributed by atoms with Crippen molar-refractivity contribution in [2.24, 2.45) is 0 Å². The Balaban J connectivity index is 1.51. The Kier molecular flexibility index (Phi) is 4.71. The molecule has 36 heavy (non-hydrogen) atoms. The molecule has 7 aromatic rings. The fourth-order valence-electron chi connectivity index (χ4n) is 5.46. The highest BCUT2D eigenvalue weighted by Gasteiger charge is 2.16. The van der Waals surface area contributed by atoms with E-state index in [1.54, 1.807) is 0 Å². The molecule has 0 unspecified atom stereocenters. The summed E-state index contributed by atoms with van der Waals surface area (Å²) in [5.41, 5.74) is 8.54. The van der Waals surface area contributed by atoms with Crippen molar-refractivity contribution in [2.45, 2.75) is 6.92 Å². The minimum absolute atomic E-state index is 0.929. The molecular formula is C34H24N2. The molecule has 0 radical (unpaired) electrons. The number of hydrogen-bond donors (Lipinski definition) is 0. The van der Waals surface area contributed by atoms with Gasteiger partial charge in [-0.15, -0.1) is 0 Å². The number of fused-ring (bicyclic) bond motifs is 5. The van der Waals surface area contributed by atoms with Crippen molar-refractivity contribution >= 4 is 32.6 Å². The van der Waals surface area contributed by atoms with Crippen molar-refractivity contribution in [1.82, 2.24) is 9.55 Å². The summed E-state index contributed by atoms with van der Waals surface area (Å²) in [4.78, 5) is 4.73. The second-order valence-electron chi connectivity index (χ2n) is 9.33. The van der Waals surface area contributed by atoms with Gasteiger partial charge in [-0.1, -0.05) is 91.0 Å². The van der Waals surface area contributed by atoms with Crippen LogP contribution in [0.4, 0.5) is 0 Å². The van der Waals surface area contributed by atoms with Crippen LogP contribution in [0.3, 0.4) is 0 Å². The van der Waals surface area contributed by atoms with E-state index >= 15 is 0 Å². The molecule has 2 heteroatoms. The first kappa shape index (κ1) is 20.7. The standard InChI is InChI=1S/C34H24N2/c1-23-9-2-4-13-28(23)27-12-8-11-25(21-27)26-16-18-30-32(22-26)36(33-15-6-7-20-35-33)31-19-17-24-10-3-5-14-29(24)34(30)31/h2-22H,1H3. The molecule has 7 rings (SSSR count). The predicted octanol–water partition coefficient (Wildman–Crippen LogP) is 8.97. The highest BCUT2D eigenvalue weighted by Crippen LogP contribution is 2.38. The van der Waals surface area contributed by atoms with Crippen molar-refractivity contribution < 1.29 is 0 Å². The van der Waals surface area contributed by atoms with Gasteiger partial charge in [-0.25, -0.2) is 4.98 Å². The van der Waals surface area contributed by atoms with Crippen molar-refractivity contribution in [2.75, 3.05) is 0 Å². The summed E-state index contributed by atoms with van der Waals surface area (Å²) in [6, 6.07) is 43.4. The summed E-state index contributed by atoms with van der Waals surface area (Å²) >= 11 is 0. The first-order valence-electron chi connectivity index (χ1n) is 12.3. The summed E-state index contributed by atoms with van der Waals surface area (Å²) in [5, 5.41) is 5.03. The third kappa shape index (κ3) is 3.23. The van der Waals surface area contributed by atoms with Crippen LogP contribution in [-0.2, 0) is 0 Å². The van der Waals surface area contributed by atoms with Crippen LogP contribution in [0.2, 0.25) is 0 Å². The molecule has 0 aliphatic rings. The zero-order valence-electron chi connectivity index (χ0n) is 20.0. The van der Waals surface area contributed by atoms with Gasteiger partial charge < -0.3 is 0 Å². The molecule has 0 amide bonds. The molecule has 0 saturated carbocycles. The van der Waals surface area contributed by atoms with E-state index < -0.39 is 0 Å². The van der Waals surface area contributed by atoms with E-state index in [0.29, 0.717) is 0 Å². The van der Waals surface area contributed by atoms with E-state index in [0.717, 1.165) is 5.82 Å². The van der Waals surface area contributed by atoms with Gasteiger partial charge in [-0.05, 0) is 75.8 Å². The average molecular weight is 461 g/mol. The predicted molar refractivity (Wildman–Crippen MR) is 152 cm³/mol. The molecule has 0 aliphatic heterocycles. The van der Waals surface area contributed by atoms with E-state index in [1.165, 1.54) is 60.4 Å². The number of aromatic nitrogens is 2. The van der Waals surface area contributed by atoms with Gasteiger partial charge in [-0.2, -0.15) is 0 Å². The van der Waals surface area contributed by atoms with Crippen LogP contribution in [0.5, 0.6) is 0 Å². The molecular weight excluding hydrogens is 436 g/mol. The first-order valence-corrected chi connectivity index (χ1v) is 12.3. The van der Waals surface area contributed by atoms with E-state index in [-0.39, 0.29) is 0 Å². The first-order chi connectivity index (χ1) is 17.8. The molecule has 0 atom stereocenters. The molecule has 0 spiro atoms. The van der Waals surface area contributed by atoms with E-state index in [4.69, 9.17) is 4.98 Å². The van der Waals surface area contributed by atoms with E-state index in [9.17, 15) is 0 Å². The van der Waals surface area contributed by atoms with Crippen LogP contribution in [0.1, 0.15) is 5.56 Å². The quantitative estimate of drug-likeness (QED) is 0.257. The molecule has 0 saturated heterocycles. The Morgan fingerprint density at radius 3 is 2.25 bits per heavy atom. The monoisotopic (exact) mass is 460 g/mol. The van der Waals surface area contributed by atoms with Gasteiger partial charge in [0.05, 0.1) is 11.0 Å². The summed E-state index contributed by atoms with van der Waals surface area (Å²) in [7, 11) is 0. The third-order valence-corrected chi connectivity index (χ3v) is 7.19. The lowest BCUT2D eigenvalue weighted by Gasteiger charge is -2.10. The number of nitrogens with zero attached hydrogens (tertiary/aromatic N) is 2. The lowest BCUT2D eigenvalue weighted by Crippen LogP contribution is -1.96. The van der Waals surface area contributed by atoms with Gasteiger partial charge in [0.25, 0.3) is 0 Å².